The lowest BCUT2D eigenvalue weighted by Crippen LogP contribution is -2.20. The Morgan fingerprint density at radius 2 is 2.22 bits per heavy atom. The van der Waals surface area contributed by atoms with E-state index in [9.17, 15) is 4.39 Å². The number of hydrogen-bond donors (Lipinski definition) is 1. The molecule has 2 aromatic rings. The maximum atomic E-state index is 13.1. The number of benzene rings is 1. The van der Waals surface area contributed by atoms with Gasteiger partial charge in [-0.3, -0.25) is 4.68 Å². The molecule has 1 atom stereocenters. The fourth-order valence-electron chi connectivity index (χ4n) is 1.95. The normalized spacial score (nSPS) is 12.6. The average Bonchev–Trinajstić information content (AvgIpc) is 2.83. The Kier molecular flexibility index (Phi) is 4.10. The number of nitrogens with zero attached hydrogens (tertiary/aromatic N) is 2. The first-order valence-electron chi connectivity index (χ1n) is 6.20. The second-order valence-corrected chi connectivity index (χ2v) is 4.30. The maximum absolute atomic E-state index is 13.1. The van der Waals surface area contributed by atoms with Gasteiger partial charge in [0.2, 0.25) is 0 Å². The van der Waals surface area contributed by atoms with E-state index in [1.807, 2.05) is 23.7 Å². The van der Waals surface area contributed by atoms with E-state index in [1.54, 1.807) is 18.3 Å². The van der Waals surface area contributed by atoms with E-state index in [0.29, 0.717) is 0 Å². The quantitative estimate of drug-likeness (QED) is 0.880. The smallest absolute Gasteiger partial charge is 0.123 e. The molecule has 18 heavy (non-hydrogen) atoms. The summed E-state index contributed by atoms with van der Waals surface area (Å²) in [4.78, 5) is 0. The maximum Gasteiger partial charge on any atom is 0.123 e. The van der Waals surface area contributed by atoms with Gasteiger partial charge in [-0.05, 0) is 37.6 Å². The summed E-state index contributed by atoms with van der Waals surface area (Å²) in [6, 6.07) is 8.80. The summed E-state index contributed by atoms with van der Waals surface area (Å²) in [6.07, 6.45) is 1.80. The minimum absolute atomic E-state index is 0.112. The number of rotatable bonds is 5. The van der Waals surface area contributed by atoms with Gasteiger partial charge in [0.1, 0.15) is 5.82 Å². The Bertz CT molecular complexity index is 507. The molecule has 0 aliphatic rings. The van der Waals surface area contributed by atoms with Crippen LogP contribution >= 0.6 is 0 Å². The topological polar surface area (TPSA) is 29.9 Å². The third kappa shape index (κ3) is 2.96. The summed E-state index contributed by atoms with van der Waals surface area (Å²) in [5.41, 5.74) is 2.10. The summed E-state index contributed by atoms with van der Waals surface area (Å²) in [7, 11) is 0. The van der Waals surface area contributed by atoms with Gasteiger partial charge in [-0.25, -0.2) is 4.39 Å². The van der Waals surface area contributed by atoms with Gasteiger partial charge >= 0.3 is 0 Å². The predicted molar refractivity (Wildman–Crippen MR) is 69.6 cm³/mol. The summed E-state index contributed by atoms with van der Waals surface area (Å²) in [5.74, 6) is -0.195. The highest BCUT2D eigenvalue weighted by Crippen LogP contribution is 2.14. The van der Waals surface area contributed by atoms with Gasteiger partial charge in [0.05, 0.1) is 5.69 Å². The molecular formula is C14H18FN3. The fraction of sp³-hybridized carbons (Fsp3) is 0.357. The average molecular weight is 247 g/mol. The van der Waals surface area contributed by atoms with Crippen molar-refractivity contribution in [2.45, 2.75) is 33.0 Å². The zero-order valence-corrected chi connectivity index (χ0v) is 10.7. The van der Waals surface area contributed by atoms with Crippen LogP contribution in [0.3, 0.4) is 0 Å². The van der Waals surface area contributed by atoms with Gasteiger partial charge in [0.15, 0.2) is 0 Å². The zero-order valence-electron chi connectivity index (χ0n) is 10.7. The van der Waals surface area contributed by atoms with E-state index in [2.05, 4.69) is 17.3 Å². The van der Waals surface area contributed by atoms with E-state index in [1.165, 1.54) is 6.07 Å². The van der Waals surface area contributed by atoms with Crippen LogP contribution in [0.25, 0.3) is 0 Å². The van der Waals surface area contributed by atoms with Crippen molar-refractivity contribution >= 4 is 0 Å². The van der Waals surface area contributed by atoms with E-state index < -0.39 is 0 Å². The molecule has 0 aliphatic heterocycles. The molecule has 0 saturated heterocycles. The van der Waals surface area contributed by atoms with Crippen LogP contribution in [0.4, 0.5) is 4.39 Å². The summed E-state index contributed by atoms with van der Waals surface area (Å²) in [5, 5.41) is 7.59. The molecule has 0 amide bonds. The first-order valence-corrected chi connectivity index (χ1v) is 6.20. The van der Waals surface area contributed by atoms with Crippen molar-refractivity contribution in [3.63, 3.8) is 0 Å². The molecule has 4 heteroatoms. The number of hydrogen-bond acceptors (Lipinski definition) is 2. The summed E-state index contributed by atoms with van der Waals surface area (Å²) >= 11 is 0. The molecule has 0 saturated carbocycles. The van der Waals surface area contributed by atoms with Crippen molar-refractivity contribution in [1.29, 1.82) is 0 Å². The molecule has 0 radical (unpaired) electrons. The van der Waals surface area contributed by atoms with Crippen molar-refractivity contribution in [3.8, 4) is 0 Å². The fourth-order valence-corrected chi connectivity index (χ4v) is 1.95. The van der Waals surface area contributed by atoms with Crippen LogP contribution in [-0.4, -0.2) is 9.78 Å². The van der Waals surface area contributed by atoms with Crippen molar-refractivity contribution in [3.05, 3.63) is 53.6 Å². The number of aromatic nitrogens is 2. The first-order chi connectivity index (χ1) is 8.70. The lowest BCUT2D eigenvalue weighted by molar-refractivity contribution is 0.528. The second-order valence-electron chi connectivity index (χ2n) is 4.30. The molecule has 2 rings (SSSR count). The second kappa shape index (κ2) is 5.78. The van der Waals surface area contributed by atoms with Crippen LogP contribution in [-0.2, 0) is 13.1 Å². The Balaban J connectivity index is 1.98. The van der Waals surface area contributed by atoms with Gasteiger partial charge in [-0.15, -0.1) is 0 Å². The zero-order chi connectivity index (χ0) is 13.0. The van der Waals surface area contributed by atoms with Crippen molar-refractivity contribution < 1.29 is 4.39 Å². The van der Waals surface area contributed by atoms with E-state index in [0.717, 1.165) is 24.3 Å². The highest BCUT2D eigenvalue weighted by molar-refractivity contribution is 5.19. The predicted octanol–water partition coefficient (Wildman–Crippen LogP) is 2.89. The third-order valence-electron chi connectivity index (χ3n) is 3.04. The molecule has 1 aromatic carbocycles. The Hall–Kier alpha value is -1.68. The van der Waals surface area contributed by atoms with Gasteiger partial charge in [0.25, 0.3) is 0 Å². The largest absolute Gasteiger partial charge is 0.305 e. The van der Waals surface area contributed by atoms with Crippen LogP contribution in [0.15, 0.2) is 36.5 Å². The van der Waals surface area contributed by atoms with Crippen molar-refractivity contribution in [2.24, 2.45) is 0 Å². The lowest BCUT2D eigenvalue weighted by atomic mass is 10.1. The van der Waals surface area contributed by atoms with Crippen LogP contribution in [0.2, 0.25) is 0 Å². The van der Waals surface area contributed by atoms with Crippen LogP contribution in [0.1, 0.15) is 31.1 Å². The summed E-state index contributed by atoms with van der Waals surface area (Å²) < 4.78 is 15.1. The highest BCUT2D eigenvalue weighted by Gasteiger charge is 2.07. The van der Waals surface area contributed by atoms with Crippen molar-refractivity contribution in [2.75, 3.05) is 0 Å². The van der Waals surface area contributed by atoms with E-state index >= 15 is 0 Å². The molecule has 1 aromatic heterocycles. The van der Waals surface area contributed by atoms with Gasteiger partial charge in [-0.1, -0.05) is 12.1 Å². The van der Waals surface area contributed by atoms with Gasteiger partial charge < -0.3 is 5.32 Å². The van der Waals surface area contributed by atoms with E-state index in [4.69, 9.17) is 0 Å². The number of nitrogens with one attached hydrogen (secondary N) is 1. The van der Waals surface area contributed by atoms with Gasteiger partial charge in [0, 0.05) is 25.3 Å². The van der Waals surface area contributed by atoms with Crippen molar-refractivity contribution in [1.82, 2.24) is 15.1 Å². The molecular weight excluding hydrogens is 229 g/mol. The van der Waals surface area contributed by atoms with Gasteiger partial charge in [-0.2, -0.15) is 5.10 Å². The molecule has 1 heterocycles. The molecule has 0 aliphatic carbocycles. The van der Waals surface area contributed by atoms with Crippen LogP contribution in [0.5, 0.6) is 0 Å². The minimum Gasteiger partial charge on any atom is -0.305 e. The molecule has 0 fully saturated rings. The molecule has 0 unspecified atom stereocenters. The van der Waals surface area contributed by atoms with Crippen LogP contribution < -0.4 is 5.32 Å². The third-order valence-corrected chi connectivity index (χ3v) is 3.04. The molecule has 1 N–H and O–H groups in total. The van der Waals surface area contributed by atoms with E-state index in [-0.39, 0.29) is 11.9 Å². The lowest BCUT2D eigenvalue weighted by Gasteiger charge is -2.14. The number of aryl methyl sites for hydroxylation is 1. The van der Waals surface area contributed by atoms with Crippen LogP contribution in [0, 0.1) is 5.82 Å². The molecule has 0 spiro atoms. The molecule has 0 bridgehead atoms. The highest BCUT2D eigenvalue weighted by atomic mass is 19.1. The Morgan fingerprint density at radius 1 is 1.39 bits per heavy atom. The monoisotopic (exact) mass is 247 g/mol. The first kappa shape index (κ1) is 12.8. The Morgan fingerprint density at radius 3 is 2.94 bits per heavy atom. The Labute approximate surface area is 107 Å². The number of halogens is 1. The SMILES string of the molecule is CCn1nccc1CN[C@H](C)c1cccc(F)c1. The standard InChI is InChI=1S/C14H18FN3/c1-3-18-14(7-8-17-18)10-16-11(2)12-5-4-6-13(15)9-12/h4-9,11,16H,3,10H2,1-2H3/t11-/m1/s1. The summed E-state index contributed by atoms with van der Waals surface area (Å²) in [6.45, 7) is 5.68. The molecule has 96 valence electrons. The minimum atomic E-state index is -0.195. The molecule has 3 nitrogen and oxygen atoms in total.